The van der Waals surface area contributed by atoms with Gasteiger partial charge >= 0.3 is 0 Å². The minimum Gasteiger partial charge on any atom is -0.309 e. The van der Waals surface area contributed by atoms with E-state index in [4.69, 9.17) is 11.6 Å². The van der Waals surface area contributed by atoms with Crippen molar-refractivity contribution in [3.05, 3.63) is 45.1 Å². The van der Waals surface area contributed by atoms with Crippen molar-refractivity contribution in [2.45, 2.75) is 33.4 Å². The second kappa shape index (κ2) is 6.66. The molecule has 0 unspecified atom stereocenters. The molecule has 1 N–H and O–H groups in total. The fraction of sp³-hybridized carbons (Fsp3) is 0.333. The second-order valence-corrected chi connectivity index (χ2v) is 6.25. The maximum atomic E-state index is 6.02. The Morgan fingerprint density at radius 2 is 2.00 bits per heavy atom. The number of halogens is 2. The molecule has 0 atom stereocenters. The van der Waals surface area contributed by atoms with Gasteiger partial charge in [0, 0.05) is 28.3 Å². The molecule has 0 aliphatic carbocycles. The summed E-state index contributed by atoms with van der Waals surface area (Å²) in [5.41, 5.74) is 2.91. The van der Waals surface area contributed by atoms with E-state index in [0.717, 1.165) is 33.8 Å². The predicted octanol–water partition coefficient (Wildman–Crippen LogP) is 4.37. The van der Waals surface area contributed by atoms with E-state index in [9.17, 15) is 0 Å². The Morgan fingerprint density at radius 3 is 2.65 bits per heavy atom. The number of rotatable bonds is 4. The molecule has 20 heavy (non-hydrogen) atoms. The van der Waals surface area contributed by atoms with Crippen LogP contribution in [0.3, 0.4) is 0 Å². The van der Waals surface area contributed by atoms with Crippen LogP contribution in [0.1, 0.15) is 25.2 Å². The molecule has 0 amide bonds. The van der Waals surface area contributed by atoms with Crippen LogP contribution in [0.4, 0.5) is 0 Å². The third-order valence-electron chi connectivity index (χ3n) is 2.78. The van der Waals surface area contributed by atoms with Crippen molar-refractivity contribution in [1.82, 2.24) is 15.3 Å². The SMILES string of the molecule is Cc1cc(CNC(C)C)nc(-c2ccc(Cl)c(Br)c2)n1. The van der Waals surface area contributed by atoms with Gasteiger partial charge in [0.2, 0.25) is 0 Å². The van der Waals surface area contributed by atoms with Crippen molar-refractivity contribution in [2.75, 3.05) is 0 Å². The molecule has 0 saturated carbocycles. The van der Waals surface area contributed by atoms with Crippen molar-refractivity contribution in [2.24, 2.45) is 0 Å². The van der Waals surface area contributed by atoms with E-state index in [1.165, 1.54) is 0 Å². The molecular weight excluding hydrogens is 338 g/mol. The van der Waals surface area contributed by atoms with Crippen molar-refractivity contribution < 1.29 is 0 Å². The van der Waals surface area contributed by atoms with Gasteiger partial charge < -0.3 is 5.32 Å². The molecular formula is C15H17BrClN3. The smallest absolute Gasteiger partial charge is 0.159 e. The van der Waals surface area contributed by atoms with Gasteiger partial charge in [0.15, 0.2) is 5.82 Å². The average Bonchev–Trinajstić information content (AvgIpc) is 2.39. The molecule has 1 aromatic carbocycles. The molecule has 106 valence electrons. The van der Waals surface area contributed by atoms with Crippen LogP contribution in [-0.4, -0.2) is 16.0 Å². The number of aryl methyl sites for hydroxylation is 1. The van der Waals surface area contributed by atoms with Crippen LogP contribution in [0.25, 0.3) is 11.4 Å². The summed E-state index contributed by atoms with van der Waals surface area (Å²) >= 11 is 9.45. The van der Waals surface area contributed by atoms with E-state index in [2.05, 4.69) is 45.1 Å². The van der Waals surface area contributed by atoms with Gasteiger partial charge in [0.25, 0.3) is 0 Å². The third-order valence-corrected chi connectivity index (χ3v) is 3.99. The molecule has 0 bridgehead atoms. The second-order valence-electron chi connectivity index (χ2n) is 4.99. The molecule has 0 aliphatic rings. The highest BCUT2D eigenvalue weighted by molar-refractivity contribution is 9.10. The largest absolute Gasteiger partial charge is 0.309 e. The molecule has 5 heteroatoms. The highest BCUT2D eigenvalue weighted by atomic mass is 79.9. The molecule has 2 rings (SSSR count). The third kappa shape index (κ3) is 4.01. The summed E-state index contributed by atoms with van der Waals surface area (Å²) in [4.78, 5) is 9.11. The van der Waals surface area contributed by atoms with E-state index >= 15 is 0 Å². The number of hydrogen-bond acceptors (Lipinski definition) is 3. The van der Waals surface area contributed by atoms with Crippen LogP contribution < -0.4 is 5.32 Å². The van der Waals surface area contributed by atoms with Gasteiger partial charge in [-0.25, -0.2) is 9.97 Å². The minimum atomic E-state index is 0.429. The highest BCUT2D eigenvalue weighted by Crippen LogP contribution is 2.27. The maximum Gasteiger partial charge on any atom is 0.159 e. The van der Waals surface area contributed by atoms with Gasteiger partial charge in [-0.2, -0.15) is 0 Å². The standard InChI is InChI=1S/C15H17BrClN3/c1-9(2)18-8-12-6-10(3)19-15(20-12)11-4-5-14(17)13(16)7-11/h4-7,9,18H,8H2,1-3H3. The van der Waals surface area contributed by atoms with Gasteiger partial charge in [-0.15, -0.1) is 0 Å². The summed E-state index contributed by atoms with van der Waals surface area (Å²) < 4.78 is 0.851. The monoisotopic (exact) mass is 353 g/mol. The van der Waals surface area contributed by atoms with E-state index in [1.807, 2.05) is 31.2 Å². The molecule has 0 spiro atoms. The maximum absolute atomic E-state index is 6.02. The van der Waals surface area contributed by atoms with Gasteiger partial charge in [-0.3, -0.25) is 0 Å². The zero-order chi connectivity index (χ0) is 14.7. The van der Waals surface area contributed by atoms with Gasteiger partial charge in [0.1, 0.15) is 0 Å². The Bertz CT molecular complexity index is 614. The summed E-state index contributed by atoms with van der Waals surface area (Å²) in [6.07, 6.45) is 0. The van der Waals surface area contributed by atoms with Crippen LogP contribution in [0.15, 0.2) is 28.7 Å². The first kappa shape index (κ1) is 15.4. The number of benzene rings is 1. The molecule has 0 radical (unpaired) electrons. The number of nitrogens with one attached hydrogen (secondary N) is 1. The Kier molecular flexibility index (Phi) is 5.13. The lowest BCUT2D eigenvalue weighted by Gasteiger charge is -2.10. The quantitative estimate of drug-likeness (QED) is 0.886. The Hall–Kier alpha value is -0.970. The predicted molar refractivity (Wildman–Crippen MR) is 86.9 cm³/mol. The van der Waals surface area contributed by atoms with E-state index in [1.54, 1.807) is 0 Å². The first-order valence-corrected chi connectivity index (χ1v) is 7.66. The highest BCUT2D eigenvalue weighted by Gasteiger charge is 2.07. The normalized spacial score (nSPS) is 11.1. The first-order valence-electron chi connectivity index (χ1n) is 6.49. The van der Waals surface area contributed by atoms with Crippen molar-refractivity contribution >= 4 is 27.5 Å². The van der Waals surface area contributed by atoms with E-state index < -0.39 is 0 Å². The van der Waals surface area contributed by atoms with Gasteiger partial charge in [0.05, 0.1) is 10.7 Å². The lowest BCUT2D eigenvalue weighted by atomic mass is 10.2. The Morgan fingerprint density at radius 1 is 1.25 bits per heavy atom. The summed E-state index contributed by atoms with van der Waals surface area (Å²) in [7, 11) is 0. The summed E-state index contributed by atoms with van der Waals surface area (Å²) in [5, 5.41) is 4.05. The molecule has 2 aromatic rings. The van der Waals surface area contributed by atoms with Crippen LogP contribution in [0.5, 0.6) is 0 Å². The number of nitrogens with zero attached hydrogens (tertiary/aromatic N) is 2. The van der Waals surface area contributed by atoms with Gasteiger partial charge in [-0.05, 0) is 47.1 Å². The van der Waals surface area contributed by atoms with Crippen LogP contribution >= 0.6 is 27.5 Å². The van der Waals surface area contributed by atoms with Crippen LogP contribution in [-0.2, 0) is 6.54 Å². The summed E-state index contributed by atoms with van der Waals surface area (Å²) in [6, 6.07) is 8.15. The zero-order valence-electron chi connectivity index (χ0n) is 11.7. The number of hydrogen-bond donors (Lipinski definition) is 1. The van der Waals surface area contributed by atoms with Crippen molar-refractivity contribution in [1.29, 1.82) is 0 Å². The van der Waals surface area contributed by atoms with Crippen molar-refractivity contribution in [3.63, 3.8) is 0 Å². The lowest BCUT2D eigenvalue weighted by Crippen LogP contribution is -2.22. The molecule has 3 nitrogen and oxygen atoms in total. The fourth-order valence-corrected chi connectivity index (χ4v) is 2.29. The molecule has 0 aliphatic heterocycles. The molecule has 0 fully saturated rings. The van der Waals surface area contributed by atoms with Crippen molar-refractivity contribution in [3.8, 4) is 11.4 Å². The first-order chi connectivity index (χ1) is 9.45. The lowest BCUT2D eigenvalue weighted by molar-refractivity contribution is 0.580. The molecule has 1 aromatic heterocycles. The van der Waals surface area contributed by atoms with Crippen LogP contribution in [0, 0.1) is 6.92 Å². The minimum absolute atomic E-state index is 0.429. The fourth-order valence-electron chi connectivity index (χ4n) is 1.80. The van der Waals surface area contributed by atoms with E-state index in [-0.39, 0.29) is 0 Å². The van der Waals surface area contributed by atoms with Gasteiger partial charge in [-0.1, -0.05) is 25.4 Å². The van der Waals surface area contributed by atoms with Crippen LogP contribution in [0.2, 0.25) is 5.02 Å². The number of aromatic nitrogens is 2. The summed E-state index contributed by atoms with van der Waals surface area (Å²) in [5.74, 6) is 0.725. The Labute approximate surface area is 132 Å². The Balaban J connectivity index is 2.33. The van der Waals surface area contributed by atoms with E-state index in [0.29, 0.717) is 11.1 Å². The average molecular weight is 355 g/mol. The zero-order valence-corrected chi connectivity index (χ0v) is 14.1. The molecule has 1 heterocycles. The molecule has 0 saturated heterocycles. The topological polar surface area (TPSA) is 37.8 Å². The summed E-state index contributed by atoms with van der Waals surface area (Å²) in [6.45, 7) is 6.95.